The van der Waals surface area contributed by atoms with Gasteiger partial charge in [0.05, 0.1) is 22.1 Å². The van der Waals surface area contributed by atoms with Crippen LogP contribution >= 0.6 is 34.4 Å². The molecule has 0 saturated heterocycles. The van der Waals surface area contributed by atoms with Crippen LogP contribution in [0, 0.1) is 10.1 Å². The molecule has 10 nitrogen and oxygen atoms in total. The molecule has 0 spiro atoms. The number of aromatic nitrogens is 4. The van der Waals surface area contributed by atoms with Crippen LogP contribution in [0.15, 0.2) is 93.8 Å². The first-order valence-electron chi connectivity index (χ1n) is 10.8. The van der Waals surface area contributed by atoms with Crippen LogP contribution in [-0.2, 0) is 4.79 Å². The van der Waals surface area contributed by atoms with Gasteiger partial charge in [-0.2, -0.15) is 0 Å². The van der Waals surface area contributed by atoms with Gasteiger partial charge in [-0.05, 0) is 23.8 Å². The van der Waals surface area contributed by atoms with E-state index in [4.69, 9.17) is 0 Å². The standard InChI is InChI=1S/C24H17N7O3S3/c32-21(15-36-24-29-27-22(37-24)19-11-4-5-12-25-19)26-28-23-30(17-9-6-10-18(13-17)31(33)34)20(14-35-23)16-7-2-1-3-8-16/h1-14H,15H2,(H,26,32)/b28-23+. The first kappa shape index (κ1) is 24.5. The SMILES string of the molecule is O=C(CSc1nnc(-c2ccccn2)s1)N/N=c1/scc(-c2ccccc2)n1-c1cccc([N+](=O)[O-])c1. The topological polar surface area (TPSA) is 128 Å². The molecule has 0 unspecified atom stereocenters. The summed E-state index contributed by atoms with van der Waals surface area (Å²) in [7, 11) is 0. The average Bonchev–Trinajstić information content (AvgIpc) is 3.59. The van der Waals surface area contributed by atoms with Crippen LogP contribution in [0.5, 0.6) is 0 Å². The number of nitrogens with zero attached hydrogens (tertiary/aromatic N) is 6. The van der Waals surface area contributed by atoms with Crippen molar-refractivity contribution in [3.63, 3.8) is 0 Å². The number of nitrogens with one attached hydrogen (secondary N) is 1. The van der Waals surface area contributed by atoms with Crippen molar-refractivity contribution in [1.29, 1.82) is 0 Å². The van der Waals surface area contributed by atoms with Gasteiger partial charge in [0.1, 0.15) is 5.69 Å². The minimum atomic E-state index is -0.443. The number of nitro benzene ring substituents is 1. The van der Waals surface area contributed by atoms with Crippen molar-refractivity contribution < 1.29 is 9.72 Å². The van der Waals surface area contributed by atoms with Crippen LogP contribution in [-0.4, -0.2) is 36.3 Å². The van der Waals surface area contributed by atoms with E-state index in [-0.39, 0.29) is 17.3 Å². The van der Waals surface area contributed by atoms with Crippen molar-refractivity contribution in [2.45, 2.75) is 4.34 Å². The molecule has 0 atom stereocenters. The van der Waals surface area contributed by atoms with Gasteiger partial charge >= 0.3 is 0 Å². The lowest BCUT2D eigenvalue weighted by atomic mass is 10.1. The van der Waals surface area contributed by atoms with Gasteiger partial charge in [-0.25, -0.2) is 5.43 Å². The lowest BCUT2D eigenvalue weighted by Crippen LogP contribution is -2.25. The molecule has 5 rings (SSSR count). The number of non-ortho nitro benzene ring substituents is 1. The number of pyridine rings is 1. The fourth-order valence-corrected chi connectivity index (χ4v) is 5.81. The number of thioether (sulfide) groups is 1. The zero-order chi connectivity index (χ0) is 25.6. The first-order chi connectivity index (χ1) is 18.1. The summed E-state index contributed by atoms with van der Waals surface area (Å²) in [5, 5.41) is 26.5. The molecule has 0 radical (unpaired) electrons. The van der Waals surface area contributed by atoms with E-state index in [0.717, 1.165) is 17.0 Å². The quantitative estimate of drug-likeness (QED) is 0.169. The van der Waals surface area contributed by atoms with Gasteiger partial charge in [0, 0.05) is 23.7 Å². The van der Waals surface area contributed by atoms with Gasteiger partial charge in [-0.1, -0.05) is 65.6 Å². The Morgan fingerprint density at radius 2 is 1.92 bits per heavy atom. The smallest absolute Gasteiger partial charge is 0.271 e. The number of carbonyl (C=O) groups excluding carboxylic acids is 1. The van der Waals surface area contributed by atoms with Gasteiger partial charge in [-0.15, -0.1) is 26.6 Å². The number of benzene rings is 2. The van der Waals surface area contributed by atoms with E-state index in [1.54, 1.807) is 22.9 Å². The predicted octanol–water partition coefficient (Wildman–Crippen LogP) is 4.75. The van der Waals surface area contributed by atoms with E-state index >= 15 is 0 Å². The van der Waals surface area contributed by atoms with Crippen molar-refractivity contribution in [1.82, 2.24) is 25.2 Å². The van der Waals surface area contributed by atoms with Gasteiger partial charge in [0.15, 0.2) is 9.35 Å². The number of rotatable bonds is 8. The summed E-state index contributed by atoms with van der Waals surface area (Å²) in [6.07, 6.45) is 1.69. The van der Waals surface area contributed by atoms with Crippen LogP contribution in [0.1, 0.15) is 0 Å². The maximum atomic E-state index is 12.6. The molecule has 1 amide bonds. The van der Waals surface area contributed by atoms with E-state index in [1.165, 1.54) is 46.6 Å². The summed E-state index contributed by atoms with van der Waals surface area (Å²) in [6.45, 7) is 0. The summed E-state index contributed by atoms with van der Waals surface area (Å²) >= 11 is 3.93. The highest BCUT2D eigenvalue weighted by molar-refractivity contribution is 8.01. The van der Waals surface area contributed by atoms with Crippen molar-refractivity contribution in [3.05, 3.63) is 99.3 Å². The van der Waals surface area contributed by atoms with Gasteiger partial charge in [0.25, 0.3) is 11.6 Å². The van der Waals surface area contributed by atoms with Crippen LogP contribution in [0.2, 0.25) is 0 Å². The molecular formula is C24H17N7O3S3. The van der Waals surface area contributed by atoms with Gasteiger partial charge in [0.2, 0.25) is 4.80 Å². The molecule has 2 aromatic carbocycles. The minimum absolute atomic E-state index is 0.0382. The molecule has 3 aromatic heterocycles. The second-order valence-corrected chi connectivity index (χ2v) is 10.4. The number of hydrogen-bond acceptors (Lipinski definition) is 10. The maximum Gasteiger partial charge on any atom is 0.271 e. The summed E-state index contributed by atoms with van der Waals surface area (Å²) in [6, 6.07) is 21.5. The molecule has 3 heterocycles. The predicted molar refractivity (Wildman–Crippen MR) is 143 cm³/mol. The molecule has 37 heavy (non-hydrogen) atoms. The number of carbonyl (C=O) groups is 1. The Balaban J connectivity index is 1.37. The largest absolute Gasteiger partial charge is 0.283 e. The molecule has 0 fully saturated rings. The third-order valence-electron chi connectivity index (χ3n) is 4.97. The van der Waals surface area contributed by atoms with Crippen LogP contribution in [0.4, 0.5) is 5.69 Å². The second kappa shape index (κ2) is 11.2. The molecular weight excluding hydrogens is 531 g/mol. The molecule has 0 saturated carbocycles. The minimum Gasteiger partial charge on any atom is -0.283 e. The molecule has 0 aliphatic carbocycles. The molecule has 0 bridgehead atoms. The lowest BCUT2D eigenvalue weighted by Gasteiger charge is -2.09. The summed E-state index contributed by atoms with van der Waals surface area (Å²) < 4.78 is 2.43. The van der Waals surface area contributed by atoms with E-state index in [9.17, 15) is 14.9 Å². The van der Waals surface area contributed by atoms with Gasteiger partial charge in [-0.3, -0.25) is 24.5 Å². The Hall–Kier alpha value is -4.20. The number of amides is 1. The highest BCUT2D eigenvalue weighted by Gasteiger charge is 2.14. The van der Waals surface area contributed by atoms with Crippen LogP contribution < -0.4 is 10.2 Å². The van der Waals surface area contributed by atoms with E-state index < -0.39 is 4.92 Å². The van der Waals surface area contributed by atoms with Crippen LogP contribution in [0.25, 0.3) is 27.6 Å². The van der Waals surface area contributed by atoms with Crippen LogP contribution in [0.3, 0.4) is 0 Å². The first-order valence-corrected chi connectivity index (χ1v) is 13.5. The molecule has 184 valence electrons. The summed E-state index contributed by atoms with van der Waals surface area (Å²) in [4.78, 5) is 28.2. The van der Waals surface area contributed by atoms with Crippen molar-refractivity contribution >= 4 is 46.0 Å². The number of nitro groups is 1. The Morgan fingerprint density at radius 3 is 2.70 bits per heavy atom. The van der Waals surface area contributed by atoms with Crippen molar-refractivity contribution in [2.75, 3.05) is 5.75 Å². The normalized spacial score (nSPS) is 11.4. The molecule has 0 aliphatic heterocycles. The Bertz CT molecular complexity index is 1620. The third kappa shape index (κ3) is 5.80. The van der Waals surface area contributed by atoms with Crippen molar-refractivity contribution in [3.8, 4) is 27.6 Å². The molecule has 13 heteroatoms. The van der Waals surface area contributed by atoms with Gasteiger partial charge < -0.3 is 0 Å². The fourth-order valence-electron chi connectivity index (χ4n) is 3.33. The summed E-state index contributed by atoms with van der Waals surface area (Å²) in [5.41, 5.74) is 5.54. The zero-order valence-electron chi connectivity index (χ0n) is 18.9. The Kier molecular flexibility index (Phi) is 7.44. The molecule has 1 N–H and O–H groups in total. The second-order valence-electron chi connectivity index (χ2n) is 7.41. The fraction of sp³-hybridized carbons (Fsp3) is 0.0417. The molecule has 5 aromatic rings. The Morgan fingerprint density at radius 1 is 1.08 bits per heavy atom. The van der Waals surface area contributed by atoms with E-state index in [2.05, 4.69) is 25.7 Å². The highest BCUT2D eigenvalue weighted by atomic mass is 32.2. The Labute approximate surface area is 222 Å². The third-order valence-corrected chi connectivity index (χ3v) is 7.87. The van der Waals surface area contributed by atoms with E-state index in [0.29, 0.717) is 19.8 Å². The maximum absolute atomic E-state index is 12.6. The summed E-state index contributed by atoms with van der Waals surface area (Å²) in [5.74, 6) is -0.228. The highest BCUT2D eigenvalue weighted by Crippen LogP contribution is 2.28. The monoisotopic (exact) mass is 547 g/mol. The average molecular weight is 548 g/mol. The zero-order valence-corrected chi connectivity index (χ0v) is 21.4. The number of thiazole rings is 1. The van der Waals surface area contributed by atoms with E-state index in [1.807, 2.05) is 53.9 Å². The number of hydrogen-bond donors (Lipinski definition) is 1. The van der Waals surface area contributed by atoms with Crippen molar-refractivity contribution in [2.24, 2.45) is 5.10 Å². The lowest BCUT2D eigenvalue weighted by molar-refractivity contribution is -0.384. The molecule has 0 aliphatic rings.